The third-order valence-corrected chi connectivity index (χ3v) is 3.46. The fourth-order valence-electron chi connectivity index (χ4n) is 2.78. The molecule has 3 aromatic rings. The van der Waals surface area contributed by atoms with Crippen LogP contribution in [0.4, 0.5) is 0 Å². The van der Waals surface area contributed by atoms with E-state index in [1.54, 1.807) is 0 Å². The number of hydrogen-bond acceptors (Lipinski definition) is 0. The molecule has 0 aliphatic rings. The highest BCUT2D eigenvalue weighted by atomic mass is 15.0. The van der Waals surface area contributed by atoms with Crippen LogP contribution < -0.4 is 0 Å². The van der Waals surface area contributed by atoms with Crippen molar-refractivity contribution in [2.75, 3.05) is 0 Å². The summed E-state index contributed by atoms with van der Waals surface area (Å²) < 4.78 is 2.43. The molecule has 2 aromatic carbocycles. The molecule has 0 bridgehead atoms. The van der Waals surface area contributed by atoms with Crippen molar-refractivity contribution in [2.24, 2.45) is 0 Å². The smallest absolute Gasteiger partial charge is 0.0496 e. The molecule has 0 spiro atoms. The van der Waals surface area contributed by atoms with Gasteiger partial charge in [-0.2, -0.15) is 0 Å². The molecule has 1 aromatic heterocycles. The molecule has 0 radical (unpaired) electrons. The minimum Gasteiger partial charge on any atom is -0.338 e. The lowest BCUT2D eigenvalue weighted by Gasteiger charge is -2.11. The summed E-state index contributed by atoms with van der Waals surface area (Å²) in [5.74, 6) is 0. The standard InChI is InChI=1S/C16H17N/c1-11(2)17-14-9-5-4-8-13(14)16-12(3)7-6-10-15(16)17/h4-11H,1-3H3. The zero-order valence-electron chi connectivity index (χ0n) is 10.6. The average molecular weight is 223 g/mol. The summed E-state index contributed by atoms with van der Waals surface area (Å²) in [7, 11) is 0. The second-order valence-corrected chi connectivity index (χ2v) is 4.95. The molecule has 0 saturated carbocycles. The van der Waals surface area contributed by atoms with E-state index in [2.05, 4.69) is 67.8 Å². The number of nitrogens with zero attached hydrogens (tertiary/aromatic N) is 1. The van der Waals surface area contributed by atoms with E-state index in [0.29, 0.717) is 6.04 Å². The van der Waals surface area contributed by atoms with Crippen molar-refractivity contribution in [1.82, 2.24) is 4.57 Å². The van der Waals surface area contributed by atoms with Crippen LogP contribution in [0.2, 0.25) is 0 Å². The summed E-state index contributed by atoms with van der Waals surface area (Å²) in [6, 6.07) is 15.7. The predicted molar refractivity (Wildman–Crippen MR) is 74.6 cm³/mol. The Labute approximate surface area is 102 Å². The van der Waals surface area contributed by atoms with E-state index in [0.717, 1.165) is 0 Å². The predicted octanol–water partition coefficient (Wildman–Crippen LogP) is 4.68. The summed E-state index contributed by atoms with van der Waals surface area (Å²) >= 11 is 0. The minimum atomic E-state index is 0.485. The highest BCUT2D eigenvalue weighted by Crippen LogP contribution is 2.33. The molecule has 1 heterocycles. The Morgan fingerprint density at radius 3 is 2.35 bits per heavy atom. The van der Waals surface area contributed by atoms with Crippen molar-refractivity contribution >= 4 is 21.8 Å². The van der Waals surface area contributed by atoms with Gasteiger partial charge in [-0.25, -0.2) is 0 Å². The lowest BCUT2D eigenvalue weighted by Crippen LogP contribution is -1.99. The van der Waals surface area contributed by atoms with Gasteiger partial charge in [-0.15, -0.1) is 0 Å². The van der Waals surface area contributed by atoms with Gasteiger partial charge >= 0.3 is 0 Å². The summed E-state index contributed by atoms with van der Waals surface area (Å²) in [5, 5.41) is 2.77. The van der Waals surface area contributed by atoms with Crippen molar-refractivity contribution in [1.29, 1.82) is 0 Å². The summed E-state index contributed by atoms with van der Waals surface area (Å²) in [5.41, 5.74) is 4.05. The monoisotopic (exact) mass is 223 g/mol. The van der Waals surface area contributed by atoms with Gasteiger partial charge in [-0.3, -0.25) is 0 Å². The van der Waals surface area contributed by atoms with Crippen LogP contribution in [0, 0.1) is 6.92 Å². The third kappa shape index (κ3) is 1.39. The Morgan fingerprint density at radius 1 is 0.882 bits per heavy atom. The van der Waals surface area contributed by atoms with Crippen LogP contribution in [-0.4, -0.2) is 4.57 Å². The SMILES string of the molecule is Cc1cccc2c1c1ccccc1n2C(C)C. The van der Waals surface area contributed by atoms with Crippen LogP contribution in [0.3, 0.4) is 0 Å². The lowest BCUT2D eigenvalue weighted by molar-refractivity contribution is 0.642. The topological polar surface area (TPSA) is 4.93 Å². The molecule has 0 N–H and O–H groups in total. The van der Waals surface area contributed by atoms with Crippen molar-refractivity contribution in [3.05, 3.63) is 48.0 Å². The van der Waals surface area contributed by atoms with E-state index in [4.69, 9.17) is 0 Å². The first-order chi connectivity index (χ1) is 8.20. The molecule has 0 aliphatic heterocycles. The van der Waals surface area contributed by atoms with Crippen molar-refractivity contribution in [3.63, 3.8) is 0 Å². The Kier molecular flexibility index (Phi) is 2.22. The van der Waals surface area contributed by atoms with Crippen LogP contribution in [0.25, 0.3) is 21.8 Å². The maximum Gasteiger partial charge on any atom is 0.0496 e. The molecule has 0 unspecified atom stereocenters. The quantitative estimate of drug-likeness (QED) is 0.564. The van der Waals surface area contributed by atoms with E-state index in [1.165, 1.54) is 27.4 Å². The normalized spacial score (nSPS) is 11.8. The second kappa shape index (κ2) is 3.63. The van der Waals surface area contributed by atoms with Gasteiger partial charge in [0.1, 0.15) is 0 Å². The number of para-hydroxylation sites is 1. The van der Waals surface area contributed by atoms with Gasteiger partial charge in [-0.1, -0.05) is 30.3 Å². The first-order valence-electron chi connectivity index (χ1n) is 6.18. The first-order valence-corrected chi connectivity index (χ1v) is 6.18. The minimum absolute atomic E-state index is 0.485. The summed E-state index contributed by atoms with van der Waals surface area (Å²) in [6.07, 6.45) is 0. The number of aryl methyl sites for hydroxylation is 1. The molecule has 0 amide bonds. The van der Waals surface area contributed by atoms with Gasteiger partial charge in [-0.05, 0) is 38.5 Å². The zero-order valence-corrected chi connectivity index (χ0v) is 10.6. The second-order valence-electron chi connectivity index (χ2n) is 4.95. The van der Waals surface area contributed by atoms with Gasteiger partial charge < -0.3 is 4.57 Å². The number of aromatic nitrogens is 1. The van der Waals surface area contributed by atoms with Gasteiger partial charge in [0, 0.05) is 27.8 Å². The highest BCUT2D eigenvalue weighted by molar-refractivity contribution is 6.09. The van der Waals surface area contributed by atoms with Gasteiger partial charge in [0.2, 0.25) is 0 Å². The average Bonchev–Trinajstić information content (AvgIpc) is 2.64. The highest BCUT2D eigenvalue weighted by Gasteiger charge is 2.12. The number of benzene rings is 2. The van der Waals surface area contributed by atoms with Gasteiger partial charge in [0.05, 0.1) is 0 Å². The molecule has 0 atom stereocenters. The first kappa shape index (κ1) is 10.4. The molecule has 0 fully saturated rings. The summed E-state index contributed by atoms with van der Waals surface area (Å²) in [4.78, 5) is 0. The van der Waals surface area contributed by atoms with Crippen LogP contribution >= 0.6 is 0 Å². The summed E-state index contributed by atoms with van der Waals surface area (Å²) in [6.45, 7) is 6.68. The Bertz CT molecular complexity index is 689. The van der Waals surface area contributed by atoms with E-state index in [9.17, 15) is 0 Å². The van der Waals surface area contributed by atoms with Crippen LogP contribution in [-0.2, 0) is 0 Å². The maximum atomic E-state index is 2.43. The van der Waals surface area contributed by atoms with E-state index in [-0.39, 0.29) is 0 Å². The maximum absolute atomic E-state index is 2.43. The Balaban J connectivity index is 2.62. The van der Waals surface area contributed by atoms with Crippen LogP contribution in [0.15, 0.2) is 42.5 Å². The van der Waals surface area contributed by atoms with Crippen LogP contribution in [0.5, 0.6) is 0 Å². The van der Waals surface area contributed by atoms with E-state index >= 15 is 0 Å². The molecule has 17 heavy (non-hydrogen) atoms. The zero-order chi connectivity index (χ0) is 12.0. The van der Waals surface area contributed by atoms with E-state index in [1.807, 2.05) is 0 Å². The lowest BCUT2D eigenvalue weighted by atomic mass is 10.1. The molecule has 86 valence electrons. The van der Waals surface area contributed by atoms with Crippen molar-refractivity contribution < 1.29 is 0 Å². The molecule has 0 aliphatic carbocycles. The van der Waals surface area contributed by atoms with Crippen LogP contribution in [0.1, 0.15) is 25.5 Å². The third-order valence-electron chi connectivity index (χ3n) is 3.46. The number of hydrogen-bond donors (Lipinski definition) is 0. The van der Waals surface area contributed by atoms with Crippen molar-refractivity contribution in [3.8, 4) is 0 Å². The molecule has 0 saturated heterocycles. The molecular weight excluding hydrogens is 206 g/mol. The van der Waals surface area contributed by atoms with Crippen molar-refractivity contribution in [2.45, 2.75) is 26.8 Å². The molecule has 1 nitrogen and oxygen atoms in total. The molecular formula is C16H17N. The Hall–Kier alpha value is -1.76. The number of fused-ring (bicyclic) bond motifs is 3. The fraction of sp³-hybridized carbons (Fsp3) is 0.250. The fourth-order valence-corrected chi connectivity index (χ4v) is 2.78. The number of rotatable bonds is 1. The largest absolute Gasteiger partial charge is 0.338 e. The van der Waals surface area contributed by atoms with E-state index < -0.39 is 0 Å². The van der Waals surface area contributed by atoms with Gasteiger partial charge in [0.15, 0.2) is 0 Å². The molecule has 3 rings (SSSR count). The Morgan fingerprint density at radius 2 is 1.59 bits per heavy atom. The molecule has 1 heteroatoms. The van der Waals surface area contributed by atoms with Gasteiger partial charge in [0.25, 0.3) is 0 Å².